The van der Waals surface area contributed by atoms with E-state index in [9.17, 15) is 0 Å². The molecule has 0 aromatic rings. The SMILES string of the molecule is N#CCCCN1CCCCCCC1. The van der Waals surface area contributed by atoms with E-state index < -0.39 is 0 Å². The Morgan fingerprint density at radius 3 is 2.23 bits per heavy atom. The number of likely N-dealkylation sites (tertiary alicyclic amines) is 1. The molecule has 0 amide bonds. The van der Waals surface area contributed by atoms with E-state index in [1.807, 2.05) is 0 Å². The van der Waals surface area contributed by atoms with E-state index in [0.29, 0.717) is 0 Å². The molecule has 0 aromatic heterocycles. The number of hydrogen-bond donors (Lipinski definition) is 0. The van der Waals surface area contributed by atoms with Gasteiger partial charge in [-0.1, -0.05) is 19.3 Å². The van der Waals surface area contributed by atoms with Gasteiger partial charge in [-0.05, 0) is 38.9 Å². The topological polar surface area (TPSA) is 27.0 Å². The first-order valence-electron chi connectivity index (χ1n) is 5.53. The van der Waals surface area contributed by atoms with Crippen molar-refractivity contribution in [3.63, 3.8) is 0 Å². The van der Waals surface area contributed by atoms with Crippen LogP contribution in [0.25, 0.3) is 0 Å². The number of nitrogens with zero attached hydrogens (tertiary/aromatic N) is 2. The van der Waals surface area contributed by atoms with Gasteiger partial charge in [0.25, 0.3) is 0 Å². The highest BCUT2D eigenvalue weighted by Crippen LogP contribution is 2.10. The lowest BCUT2D eigenvalue weighted by Gasteiger charge is -2.23. The van der Waals surface area contributed by atoms with Crippen LogP contribution in [0.4, 0.5) is 0 Å². The van der Waals surface area contributed by atoms with Crippen molar-refractivity contribution in [3.05, 3.63) is 0 Å². The summed E-state index contributed by atoms with van der Waals surface area (Å²) in [6, 6.07) is 2.21. The molecule has 0 aliphatic carbocycles. The van der Waals surface area contributed by atoms with Crippen LogP contribution in [0.2, 0.25) is 0 Å². The molecule has 0 aromatic carbocycles. The molecule has 0 saturated carbocycles. The Morgan fingerprint density at radius 1 is 1.00 bits per heavy atom. The lowest BCUT2D eigenvalue weighted by atomic mass is 10.1. The van der Waals surface area contributed by atoms with Crippen LogP contribution in [0.3, 0.4) is 0 Å². The van der Waals surface area contributed by atoms with E-state index in [-0.39, 0.29) is 0 Å². The number of nitriles is 1. The second kappa shape index (κ2) is 6.91. The molecule has 1 heterocycles. The van der Waals surface area contributed by atoms with E-state index in [1.165, 1.54) is 45.2 Å². The maximum atomic E-state index is 8.43. The van der Waals surface area contributed by atoms with Gasteiger partial charge in [0.15, 0.2) is 0 Å². The fraction of sp³-hybridized carbons (Fsp3) is 0.909. The number of unbranched alkanes of at least 4 members (excludes halogenated alkanes) is 1. The highest BCUT2D eigenvalue weighted by molar-refractivity contribution is 4.70. The van der Waals surface area contributed by atoms with Crippen molar-refractivity contribution < 1.29 is 0 Å². The summed E-state index contributed by atoms with van der Waals surface area (Å²) in [5, 5.41) is 8.43. The van der Waals surface area contributed by atoms with E-state index >= 15 is 0 Å². The van der Waals surface area contributed by atoms with Gasteiger partial charge in [-0.25, -0.2) is 0 Å². The summed E-state index contributed by atoms with van der Waals surface area (Å²) < 4.78 is 0. The summed E-state index contributed by atoms with van der Waals surface area (Å²) in [4.78, 5) is 2.52. The van der Waals surface area contributed by atoms with Crippen LogP contribution < -0.4 is 0 Å². The van der Waals surface area contributed by atoms with Crippen molar-refractivity contribution in [1.82, 2.24) is 4.90 Å². The number of hydrogen-bond acceptors (Lipinski definition) is 2. The van der Waals surface area contributed by atoms with Gasteiger partial charge < -0.3 is 4.90 Å². The van der Waals surface area contributed by atoms with Gasteiger partial charge in [0.05, 0.1) is 6.07 Å². The molecule has 1 aliphatic rings. The maximum absolute atomic E-state index is 8.43. The maximum Gasteiger partial charge on any atom is 0.0622 e. The smallest absolute Gasteiger partial charge is 0.0622 e. The van der Waals surface area contributed by atoms with Crippen molar-refractivity contribution in [2.24, 2.45) is 0 Å². The normalized spacial score (nSPS) is 20.2. The highest BCUT2D eigenvalue weighted by atomic mass is 15.1. The lowest BCUT2D eigenvalue weighted by Crippen LogP contribution is -2.28. The van der Waals surface area contributed by atoms with E-state index in [2.05, 4.69) is 11.0 Å². The molecule has 0 radical (unpaired) electrons. The van der Waals surface area contributed by atoms with Crippen molar-refractivity contribution in [3.8, 4) is 6.07 Å². The molecule has 1 fully saturated rings. The van der Waals surface area contributed by atoms with Gasteiger partial charge in [-0.15, -0.1) is 0 Å². The molecule has 74 valence electrons. The molecule has 1 aliphatic heterocycles. The van der Waals surface area contributed by atoms with Crippen molar-refractivity contribution in [1.29, 1.82) is 5.26 Å². The highest BCUT2D eigenvalue weighted by Gasteiger charge is 2.06. The number of rotatable bonds is 3. The molecule has 0 atom stereocenters. The summed E-state index contributed by atoms with van der Waals surface area (Å²) in [6.45, 7) is 3.64. The summed E-state index contributed by atoms with van der Waals surface area (Å²) in [5.41, 5.74) is 0. The third-order valence-corrected chi connectivity index (χ3v) is 2.71. The van der Waals surface area contributed by atoms with Crippen LogP contribution >= 0.6 is 0 Å². The van der Waals surface area contributed by atoms with E-state index in [4.69, 9.17) is 5.26 Å². The van der Waals surface area contributed by atoms with Crippen LogP contribution in [0.1, 0.15) is 44.9 Å². The molecule has 0 N–H and O–H groups in total. The Bertz CT molecular complexity index is 152. The Balaban J connectivity index is 2.11. The zero-order chi connectivity index (χ0) is 9.36. The Hall–Kier alpha value is -0.550. The van der Waals surface area contributed by atoms with Gasteiger partial charge in [0.2, 0.25) is 0 Å². The average molecular weight is 180 g/mol. The third-order valence-electron chi connectivity index (χ3n) is 2.71. The van der Waals surface area contributed by atoms with Crippen LogP contribution in [0, 0.1) is 11.3 Å². The molecule has 0 bridgehead atoms. The Morgan fingerprint density at radius 2 is 1.62 bits per heavy atom. The second-order valence-corrected chi connectivity index (χ2v) is 3.87. The minimum absolute atomic E-state index is 0.719. The predicted molar refractivity (Wildman–Crippen MR) is 54.4 cm³/mol. The monoisotopic (exact) mass is 180 g/mol. The van der Waals surface area contributed by atoms with Crippen LogP contribution in [-0.2, 0) is 0 Å². The Labute approximate surface area is 81.5 Å². The quantitative estimate of drug-likeness (QED) is 0.624. The predicted octanol–water partition coefficient (Wildman–Crippen LogP) is 2.56. The average Bonchev–Trinajstić information content (AvgIpc) is 2.08. The summed E-state index contributed by atoms with van der Waals surface area (Å²) >= 11 is 0. The standard InChI is InChI=1S/C11H20N2/c12-8-4-7-11-13-9-5-2-1-3-6-10-13/h1-7,9-11H2. The largest absolute Gasteiger partial charge is 0.303 e. The first-order valence-corrected chi connectivity index (χ1v) is 5.53. The zero-order valence-corrected chi connectivity index (χ0v) is 8.47. The summed E-state index contributed by atoms with van der Waals surface area (Å²) in [5.74, 6) is 0. The van der Waals surface area contributed by atoms with Gasteiger partial charge in [0, 0.05) is 6.42 Å². The van der Waals surface area contributed by atoms with Gasteiger partial charge in [-0.3, -0.25) is 0 Å². The molecule has 0 spiro atoms. The fourth-order valence-corrected chi connectivity index (χ4v) is 1.92. The first kappa shape index (κ1) is 10.5. The zero-order valence-electron chi connectivity index (χ0n) is 8.47. The molecular weight excluding hydrogens is 160 g/mol. The van der Waals surface area contributed by atoms with E-state index in [0.717, 1.165) is 19.4 Å². The Kier molecular flexibility index (Phi) is 5.60. The van der Waals surface area contributed by atoms with Crippen molar-refractivity contribution >= 4 is 0 Å². The van der Waals surface area contributed by atoms with Crippen molar-refractivity contribution in [2.45, 2.75) is 44.9 Å². The fourth-order valence-electron chi connectivity index (χ4n) is 1.92. The molecule has 0 unspecified atom stereocenters. The first-order chi connectivity index (χ1) is 6.43. The summed E-state index contributed by atoms with van der Waals surface area (Å²) in [7, 11) is 0. The lowest BCUT2D eigenvalue weighted by molar-refractivity contribution is 0.246. The van der Waals surface area contributed by atoms with Gasteiger partial charge in [0.1, 0.15) is 0 Å². The van der Waals surface area contributed by atoms with Crippen LogP contribution in [0.5, 0.6) is 0 Å². The van der Waals surface area contributed by atoms with Crippen LogP contribution in [0.15, 0.2) is 0 Å². The molecule has 2 heteroatoms. The second-order valence-electron chi connectivity index (χ2n) is 3.87. The van der Waals surface area contributed by atoms with Gasteiger partial charge in [-0.2, -0.15) is 5.26 Å². The van der Waals surface area contributed by atoms with E-state index in [1.54, 1.807) is 0 Å². The van der Waals surface area contributed by atoms with Gasteiger partial charge >= 0.3 is 0 Å². The third kappa shape index (κ3) is 4.90. The van der Waals surface area contributed by atoms with Crippen molar-refractivity contribution in [2.75, 3.05) is 19.6 Å². The molecule has 1 rings (SSSR count). The molecule has 2 nitrogen and oxygen atoms in total. The molecule has 1 saturated heterocycles. The van der Waals surface area contributed by atoms with Crippen LogP contribution in [-0.4, -0.2) is 24.5 Å². The minimum Gasteiger partial charge on any atom is -0.303 e. The summed E-state index contributed by atoms with van der Waals surface area (Å²) in [6.07, 6.45) is 8.70. The molecular formula is C11H20N2. The molecule has 13 heavy (non-hydrogen) atoms. The minimum atomic E-state index is 0.719.